The zero-order valence-corrected chi connectivity index (χ0v) is 31.4. The standard InChI is InChI=1S/C46H52N2O4/c1-31-24-43(3,4)28-45(26-31,33-7-15-37(49)16-8-33)35-11-19-39(20-12-35)51-41-23-42(48-30-47-41)52-40-21-13-36(14-22-40)46(34-9-17-38(50)18-10-34)27-32(2)25-44(5,6)29-46/h7-23,30-32,49-50H,24-29H2,1-6H3. The number of hydrogen-bond donors (Lipinski definition) is 2. The first-order chi connectivity index (χ1) is 24.7. The highest BCUT2D eigenvalue weighted by Crippen LogP contribution is 2.55. The van der Waals surface area contributed by atoms with E-state index in [1.165, 1.54) is 41.4 Å². The van der Waals surface area contributed by atoms with Crippen LogP contribution < -0.4 is 9.47 Å². The molecule has 0 bridgehead atoms. The van der Waals surface area contributed by atoms with Crippen molar-refractivity contribution in [3.63, 3.8) is 0 Å². The predicted octanol–water partition coefficient (Wildman–Crippen LogP) is 11.7. The van der Waals surface area contributed by atoms with Gasteiger partial charge in [0.25, 0.3) is 0 Å². The molecule has 7 rings (SSSR count). The number of hydrogen-bond acceptors (Lipinski definition) is 6. The molecule has 1 aromatic heterocycles. The van der Waals surface area contributed by atoms with Crippen LogP contribution in [0.3, 0.4) is 0 Å². The van der Waals surface area contributed by atoms with Gasteiger partial charge in [-0.1, -0.05) is 90.1 Å². The number of phenolic OH excluding ortho intramolecular Hbond substituents is 2. The molecule has 0 radical (unpaired) electrons. The summed E-state index contributed by atoms with van der Waals surface area (Å²) in [5.74, 6) is 3.87. The Morgan fingerprint density at radius 3 is 1.15 bits per heavy atom. The van der Waals surface area contributed by atoms with E-state index in [-0.39, 0.29) is 33.2 Å². The second-order valence-corrected chi connectivity index (χ2v) is 17.4. The number of aromatic hydroxyl groups is 2. The average molecular weight is 697 g/mol. The highest BCUT2D eigenvalue weighted by atomic mass is 16.5. The molecule has 0 saturated heterocycles. The first-order valence-electron chi connectivity index (χ1n) is 18.7. The third-order valence-corrected chi connectivity index (χ3v) is 11.5. The summed E-state index contributed by atoms with van der Waals surface area (Å²) >= 11 is 0. The van der Waals surface area contributed by atoms with Gasteiger partial charge in [-0.15, -0.1) is 0 Å². The maximum absolute atomic E-state index is 10.0. The van der Waals surface area contributed by atoms with Gasteiger partial charge in [0, 0.05) is 10.8 Å². The Morgan fingerprint density at radius 2 is 0.827 bits per heavy atom. The molecule has 5 aromatic rings. The molecule has 52 heavy (non-hydrogen) atoms. The molecule has 0 aliphatic heterocycles. The summed E-state index contributed by atoms with van der Waals surface area (Å²) in [5, 5.41) is 20.1. The fraction of sp³-hybridized carbons (Fsp3) is 0.391. The molecule has 0 amide bonds. The van der Waals surface area contributed by atoms with E-state index in [4.69, 9.17) is 9.47 Å². The van der Waals surface area contributed by atoms with Crippen LogP contribution in [-0.4, -0.2) is 20.2 Å². The lowest BCUT2D eigenvalue weighted by atomic mass is 9.55. The highest BCUT2D eigenvalue weighted by molar-refractivity contribution is 5.46. The molecule has 270 valence electrons. The quantitative estimate of drug-likeness (QED) is 0.168. The van der Waals surface area contributed by atoms with Crippen molar-refractivity contribution in [2.75, 3.05) is 0 Å². The monoisotopic (exact) mass is 696 g/mol. The summed E-state index contributed by atoms with van der Waals surface area (Å²) in [5.41, 5.74) is 5.01. The van der Waals surface area contributed by atoms with Crippen molar-refractivity contribution in [1.29, 1.82) is 0 Å². The highest BCUT2D eigenvalue weighted by Gasteiger charge is 2.46. The Morgan fingerprint density at radius 1 is 0.500 bits per heavy atom. The smallest absolute Gasteiger partial charge is 0.226 e. The predicted molar refractivity (Wildman–Crippen MR) is 206 cm³/mol. The van der Waals surface area contributed by atoms with Crippen molar-refractivity contribution >= 4 is 0 Å². The van der Waals surface area contributed by atoms with Crippen LogP contribution in [-0.2, 0) is 10.8 Å². The summed E-state index contributed by atoms with van der Waals surface area (Å²) in [6.45, 7) is 14.2. The molecule has 4 atom stereocenters. The Kier molecular flexibility index (Phi) is 9.31. The fourth-order valence-electron chi connectivity index (χ4n) is 10.3. The van der Waals surface area contributed by atoms with Gasteiger partial charge in [-0.25, -0.2) is 9.97 Å². The molecule has 4 aromatic carbocycles. The van der Waals surface area contributed by atoms with Crippen LogP contribution in [0.2, 0.25) is 0 Å². The Hall–Kier alpha value is -4.84. The van der Waals surface area contributed by atoms with E-state index in [2.05, 4.69) is 100 Å². The maximum Gasteiger partial charge on any atom is 0.226 e. The molecule has 6 heteroatoms. The summed E-state index contributed by atoms with van der Waals surface area (Å²) in [6.07, 6.45) is 7.98. The number of nitrogens with zero attached hydrogens (tertiary/aromatic N) is 2. The summed E-state index contributed by atoms with van der Waals surface area (Å²) in [4.78, 5) is 8.75. The van der Waals surface area contributed by atoms with E-state index in [9.17, 15) is 10.2 Å². The van der Waals surface area contributed by atoms with E-state index < -0.39 is 0 Å². The van der Waals surface area contributed by atoms with Gasteiger partial charge in [-0.3, -0.25) is 0 Å². The first-order valence-corrected chi connectivity index (χ1v) is 18.7. The molecule has 2 aliphatic rings. The molecule has 1 heterocycles. The third-order valence-electron chi connectivity index (χ3n) is 11.5. The molecule has 0 spiro atoms. The topological polar surface area (TPSA) is 84.7 Å². The Balaban J connectivity index is 1.09. The Bertz CT molecular complexity index is 1840. The number of ether oxygens (including phenoxy) is 2. The van der Waals surface area contributed by atoms with Crippen molar-refractivity contribution in [3.05, 3.63) is 132 Å². The average Bonchev–Trinajstić information content (AvgIpc) is 3.08. The van der Waals surface area contributed by atoms with Crippen molar-refractivity contribution < 1.29 is 19.7 Å². The minimum atomic E-state index is -0.159. The largest absolute Gasteiger partial charge is 0.508 e. The molecule has 6 nitrogen and oxygen atoms in total. The first kappa shape index (κ1) is 35.6. The minimum absolute atomic E-state index is 0.159. The normalized spacial score (nSPS) is 25.3. The van der Waals surface area contributed by atoms with E-state index in [0.717, 1.165) is 25.7 Å². The minimum Gasteiger partial charge on any atom is -0.508 e. The molecule has 2 saturated carbocycles. The SMILES string of the molecule is CC1CC(C)(C)CC(c2ccc(O)cc2)(c2ccc(Oc3cc(Oc4ccc(C5(c6ccc(O)cc6)CC(C)CC(C)(C)C5)cc4)ncn3)cc2)C1. The van der Waals surface area contributed by atoms with Gasteiger partial charge in [0.2, 0.25) is 11.8 Å². The van der Waals surface area contributed by atoms with Gasteiger partial charge in [0.15, 0.2) is 0 Å². The van der Waals surface area contributed by atoms with Crippen molar-refractivity contribution in [2.24, 2.45) is 22.7 Å². The molecular weight excluding hydrogens is 645 g/mol. The maximum atomic E-state index is 10.0. The van der Waals surface area contributed by atoms with E-state index in [1.54, 1.807) is 30.3 Å². The number of benzene rings is 4. The van der Waals surface area contributed by atoms with Crippen LogP contribution in [0.25, 0.3) is 0 Å². The molecular formula is C46H52N2O4. The summed E-state index contributed by atoms with van der Waals surface area (Å²) in [7, 11) is 0. The molecule has 4 unspecified atom stereocenters. The summed E-state index contributed by atoms with van der Waals surface area (Å²) < 4.78 is 12.5. The molecule has 2 aliphatic carbocycles. The van der Waals surface area contributed by atoms with E-state index in [1.807, 2.05) is 24.3 Å². The second kappa shape index (κ2) is 13.6. The zero-order valence-electron chi connectivity index (χ0n) is 31.4. The number of rotatable bonds is 8. The lowest BCUT2D eigenvalue weighted by Gasteiger charge is -2.48. The zero-order chi connectivity index (χ0) is 36.7. The van der Waals surface area contributed by atoms with Crippen molar-refractivity contribution in [1.82, 2.24) is 9.97 Å². The fourth-order valence-corrected chi connectivity index (χ4v) is 10.3. The van der Waals surface area contributed by atoms with Gasteiger partial charge >= 0.3 is 0 Å². The molecule has 2 N–H and O–H groups in total. The van der Waals surface area contributed by atoms with Gasteiger partial charge in [-0.05, 0) is 132 Å². The van der Waals surface area contributed by atoms with Crippen LogP contribution in [0.5, 0.6) is 34.8 Å². The molecule has 2 fully saturated rings. The van der Waals surface area contributed by atoms with Crippen LogP contribution in [0, 0.1) is 22.7 Å². The van der Waals surface area contributed by atoms with Gasteiger partial charge < -0.3 is 19.7 Å². The lowest BCUT2D eigenvalue weighted by Crippen LogP contribution is -2.41. The van der Waals surface area contributed by atoms with E-state index >= 15 is 0 Å². The number of phenols is 2. The van der Waals surface area contributed by atoms with Crippen molar-refractivity contribution in [2.45, 2.75) is 90.9 Å². The lowest BCUT2D eigenvalue weighted by molar-refractivity contribution is 0.126. The Labute approximate surface area is 308 Å². The third kappa shape index (κ3) is 7.39. The van der Waals surface area contributed by atoms with Gasteiger partial charge in [0.05, 0.1) is 6.07 Å². The number of aromatic nitrogens is 2. The van der Waals surface area contributed by atoms with Gasteiger partial charge in [-0.2, -0.15) is 0 Å². The summed E-state index contributed by atoms with van der Waals surface area (Å²) in [6, 6.07) is 34.0. The van der Waals surface area contributed by atoms with Crippen LogP contribution in [0.15, 0.2) is 109 Å². The van der Waals surface area contributed by atoms with Crippen LogP contribution in [0.1, 0.15) is 102 Å². The van der Waals surface area contributed by atoms with Crippen LogP contribution in [0.4, 0.5) is 0 Å². The van der Waals surface area contributed by atoms with Crippen LogP contribution >= 0.6 is 0 Å². The van der Waals surface area contributed by atoms with E-state index in [0.29, 0.717) is 35.1 Å². The second-order valence-electron chi connectivity index (χ2n) is 17.4. The van der Waals surface area contributed by atoms with Gasteiger partial charge in [0.1, 0.15) is 29.3 Å². The van der Waals surface area contributed by atoms with Crippen molar-refractivity contribution in [3.8, 4) is 34.8 Å².